The van der Waals surface area contributed by atoms with E-state index in [0.717, 1.165) is 5.56 Å². The number of carbonyl (C=O) groups excluding carboxylic acids is 1. The Morgan fingerprint density at radius 3 is 2.49 bits per heavy atom. The fourth-order valence-corrected chi connectivity index (χ4v) is 6.20. The summed E-state index contributed by atoms with van der Waals surface area (Å²) in [5.41, 5.74) is -1.21. The van der Waals surface area contributed by atoms with Gasteiger partial charge in [0, 0.05) is 19.0 Å². The monoisotopic (exact) mass is 586 g/mol. The normalized spacial score (nSPS) is 17.2. The number of halogens is 3. The van der Waals surface area contributed by atoms with Gasteiger partial charge in [-0.3, -0.25) is 9.48 Å². The minimum Gasteiger partial charge on any atom is -0.329 e. The zero-order valence-electron chi connectivity index (χ0n) is 22.5. The molecule has 2 aromatic carbocycles. The highest BCUT2D eigenvalue weighted by Crippen LogP contribution is 2.45. The molecule has 0 aliphatic carbocycles. The number of alkyl halides is 3. The van der Waals surface area contributed by atoms with Gasteiger partial charge in [-0.25, -0.2) is 9.17 Å². The van der Waals surface area contributed by atoms with Crippen molar-refractivity contribution >= 4 is 26.9 Å². The maximum atomic E-state index is 14.6. The third-order valence-electron chi connectivity index (χ3n) is 7.16. The van der Waals surface area contributed by atoms with Crippen molar-refractivity contribution in [1.29, 1.82) is 5.26 Å². The minimum atomic E-state index is -5.16. The Morgan fingerprint density at radius 1 is 1.17 bits per heavy atom. The van der Waals surface area contributed by atoms with E-state index in [1.807, 2.05) is 6.07 Å². The Bertz CT molecular complexity index is 1820. The highest BCUT2D eigenvalue weighted by molar-refractivity contribution is 7.86. The Kier molecular flexibility index (Phi) is 6.70. The summed E-state index contributed by atoms with van der Waals surface area (Å²) >= 11 is 0. The summed E-state index contributed by atoms with van der Waals surface area (Å²) in [7, 11) is -3.25. The third-order valence-corrected chi connectivity index (χ3v) is 8.56. The number of carbonyl (C=O) groups is 1. The molecule has 0 saturated carbocycles. The van der Waals surface area contributed by atoms with E-state index < -0.39 is 44.6 Å². The van der Waals surface area contributed by atoms with Gasteiger partial charge in [-0.2, -0.15) is 31.9 Å². The number of aryl methyl sites for hydroxylation is 2. The van der Waals surface area contributed by atoms with E-state index >= 15 is 0 Å². The van der Waals surface area contributed by atoms with Crippen molar-refractivity contribution in [2.24, 2.45) is 7.05 Å². The average molecular weight is 587 g/mol. The summed E-state index contributed by atoms with van der Waals surface area (Å²) < 4.78 is 77.3. The van der Waals surface area contributed by atoms with E-state index in [1.165, 1.54) is 44.6 Å². The zero-order valence-corrected chi connectivity index (χ0v) is 23.3. The molecule has 0 N–H and O–H groups in total. The summed E-state index contributed by atoms with van der Waals surface area (Å²) in [4.78, 5) is 18.7. The number of nitriles is 1. The van der Waals surface area contributed by atoms with Crippen LogP contribution < -0.4 is 0 Å². The van der Waals surface area contributed by atoms with Crippen LogP contribution in [0.25, 0.3) is 10.9 Å². The highest BCUT2D eigenvalue weighted by atomic mass is 32.2. The van der Waals surface area contributed by atoms with Crippen molar-refractivity contribution in [3.05, 3.63) is 77.0 Å². The first-order valence-electron chi connectivity index (χ1n) is 12.5. The molecule has 1 amide bonds. The molecular weight excluding hydrogens is 561 g/mol. The predicted molar refractivity (Wildman–Crippen MR) is 140 cm³/mol. The molecule has 14 heteroatoms. The average Bonchev–Trinajstić information content (AvgIpc) is 3.48. The molecule has 5 rings (SSSR count). The lowest BCUT2D eigenvalue weighted by atomic mass is 10.0. The van der Waals surface area contributed by atoms with E-state index in [1.54, 1.807) is 39.1 Å². The van der Waals surface area contributed by atoms with Gasteiger partial charge in [-0.1, -0.05) is 17.7 Å². The SMILES string of the molecule is Cc1ccc(S(=O)(=O)O[C@](C)(c2ncc3n2[C@@H](C)CN(C(=O)c2c4ccc(C#N)cc4nn2C)C3)C(F)(F)F)cc1. The lowest BCUT2D eigenvalue weighted by Crippen LogP contribution is -2.48. The number of hydrogen-bond donors (Lipinski definition) is 0. The van der Waals surface area contributed by atoms with Crippen LogP contribution in [0.5, 0.6) is 0 Å². The predicted octanol–water partition coefficient (Wildman–Crippen LogP) is 4.35. The smallest absolute Gasteiger partial charge is 0.329 e. The van der Waals surface area contributed by atoms with Crippen LogP contribution in [0, 0.1) is 18.3 Å². The second kappa shape index (κ2) is 9.71. The van der Waals surface area contributed by atoms with Crippen LogP contribution in [0.4, 0.5) is 13.2 Å². The highest BCUT2D eigenvalue weighted by Gasteiger charge is 2.60. The molecular formula is C27H25F3N6O4S. The van der Waals surface area contributed by atoms with Gasteiger partial charge in [0.15, 0.2) is 5.82 Å². The molecule has 0 unspecified atom stereocenters. The topological polar surface area (TPSA) is 123 Å². The van der Waals surface area contributed by atoms with E-state index in [4.69, 9.17) is 9.44 Å². The van der Waals surface area contributed by atoms with Crippen molar-refractivity contribution in [2.45, 2.75) is 50.0 Å². The number of rotatable bonds is 5. The fourth-order valence-electron chi connectivity index (χ4n) is 5.03. The van der Waals surface area contributed by atoms with Crippen LogP contribution in [0.15, 0.2) is 53.6 Å². The largest absolute Gasteiger partial charge is 0.425 e. The van der Waals surface area contributed by atoms with Gasteiger partial charge < -0.3 is 9.47 Å². The molecule has 0 fully saturated rings. The van der Waals surface area contributed by atoms with Crippen molar-refractivity contribution in [2.75, 3.05) is 6.54 Å². The lowest BCUT2D eigenvalue weighted by molar-refractivity contribution is -0.250. The molecule has 4 aromatic rings. The van der Waals surface area contributed by atoms with Crippen LogP contribution in [-0.4, -0.2) is 51.3 Å². The summed E-state index contributed by atoms with van der Waals surface area (Å²) in [6.07, 6.45) is -3.97. The van der Waals surface area contributed by atoms with Crippen molar-refractivity contribution in [3.63, 3.8) is 0 Å². The number of imidazole rings is 1. The maximum absolute atomic E-state index is 14.6. The summed E-state index contributed by atoms with van der Waals surface area (Å²) in [5.74, 6) is -1.04. The molecule has 3 heterocycles. The quantitative estimate of drug-likeness (QED) is 0.319. The van der Waals surface area contributed by atoms with Crippen molar-refractivity contribution in [3.8, 4) is 6.07 Å². The zero-order chi connectivity index (χ0) is 29.9. The number of benzene rings is 2. The number of nitrogens with zero attached hydrogens (tertiary/aromatic N) is 6. The van der Waals surface area contributed by atoms with Gasteiger partial charge in [0.05, 0.1) is 46.5 Å². The first-order chi connectivity index (χ1) is 19.2. The van der Waals surface area contributed by atoms with Crippen molar-refractivity contribution in [1.82, 2.24) is 24.2 Å². The fraction of sp³-hybridized carbons (Fsp3) is 0.333. The Balaban J connectivity index is 1.50. The summed E-state index contributed by atoms with van der Waals surface area (Å²) in [5, 5.41) is 14.0. The first-order valence-corrected chi connectivity index (χ1v) is 13.9. The number of hydrogen-bond acceptors (Lipinski definition) is 7. The molecule has 1 aliphatic heterocycles. The van der Waals surface area contributed by atoms with Gasteiger partial charge in [0.2, 0.25) is 5.60 Å². The molecule has 214 valence electrons. The molecule has 0 saturated heterocycles. The molecule has 0 spiro atoms. The van der Waals surface area contributed by atoms with E-state index in [-0.39, 0.29) is 24.5 Å². The van der Waals surface area contributed by atoms with Gasteiger partial charge in [0.25, 0.3) is 16.0 Å². The number of amides is 1. The first kappa shape index (κ1) is 28.3. The summed E-state index contributed by atoms with van der Waals surface area (Å²) in [6, 6.07) is 11.4. The number of fused-ring (bicyclic) bond motifs is 2. The van der Waals surface area contributed by atoms with Gasteiger partial charge >= 0.3 is 6.18 Å². The molecule has 2 aromatic heterocycles. The molecule has 10 nitrogen and oxygen atoms in total. The number of aromatic nitrogens is 4. The van der Waals surface area contributed by atoms with E-state index in [9.17, 15) is 26.4 Å². The van der Waals surface area contributed by atoms with Gasteiger partial charge in [0.1, 0.15) is 5.69 Å². The van der Waals surface area contributed by atoms with Crippen LogP contribution in [0.1, 0.15) is 53.0 Å². The molecule has 2 atom stereocenters. The van der Waals surface area contributed by atoms with Crippen molar-refractivity contribution < 1.29 is 30.6 Å². The molecule has 41 heavy (non-hydrogen) atoms. The molecule has 0 radical (unpaired) electrons. The van der Waals surface area contributed by atoms with Crippen LogP contribution in [0.3, 0.4) is 0 Å². The van der Waals surface area contributed by atoms with Crippen LogP contribution in [-0.2, 0) is 33.5 Å². The maximum Gasteiger partial charge on any atom is 0.425 e. The second-order valence-electron chi connectivity index (χ2n) is 10.2. The Morgan fingerprint density at radius 2 is 1.85 bits per heavy atom. The molecule has 1 aliphatic rings. The van der Waals surface area contributed by atoms with Gasteiger partial charge in [-0.05, 0) is 51.1 Å². The lowest BCUT2D eigenvalue weighted by Gasteiger charge is -2.37. The minimum absolute atomic E-state index is 0.0107. The summed E-state index contributed by atoms with van der Waals surface area (Å²) in [6.45, 7) is 3.88. The van der Waals surface area contributed by atoms with Crippen LogP contribution >= 0.6 is 0 Å². The standard InChI is InChI=1S/C27H25F3N6O4S/c1-16-5-8-20(9-6-16)41(38,39)40-26(3,27(28,29)30)25-32-13-19-15-35(14-17(2)36(19)25)24(37)23-21-10-7-18(12-31)11-22(21)33-34(23)4/h5-11,13,17H,14-15H2,1-4H3/t17-,26+/m0/s1. The Labute approximate surface area is 233 Å². The van der Waals surface area contributed by atoms with Crippen LogP contribution in [0.2, 0.25) is 0 Å². The van der Waals surface area contributed by atoms with E-state index in [2.05, 4.69) is 10.1 Å². The second-order valence-corrected chi connectivity index (χ2v) is 11.7. The van der Waals surface area contributed by atoms with Gasteiger partial charge in [-0.15, -0.1) is 0 Å². The molecule has 0 bridgehead atoms. The van der Waals surface area contributed by atoms with E-state index in [0.29, 0.717) is 23.4 Å². The Hall–Kier alpha value is -4.22. The third kappa shape index (κ3) is 4.74.